The number of pyridine rings is 1. The van der Waals surface area contributed by atoms with E-state index in [1.165, 1.54) is 11.1 Å². The van der Waals surface area contributed by atoms with Crippen molar-refractivity contribution in [2.24, 2.45) is 4.99 Å². The van der Waals surface area contributed by atoms with Gasteiger partial charge in [0, 0.05) is 28.3 Å². The number of thiol groups is 1. The third-order valence-corrected chi connectivity index (χ3v) is 8.77. The van der Waals surface area contributed by atoms with Crippen molar-refractivity contribution in [1.82, 2.24) is 4.98 Å². The molecule has 34 heavy (non-hydrogen) atoms. The van der Waals surface area contributed by atoms with Gasteiger partial charge in [-0.05, 0) is 37.7 Å². The summed E-state index contributed by atoms with van der Waals surface area (Å²) in [5.41, 5.74) is 3.20. The van der Waals surface area contributed by atoms with Crippen LogP contribution in [0.25, 0.3) is 11.1 Å². The number of aromatic nitrogens is 1. The number of benzene rings is 1. The Morgan fingerprint density at radius 1 is 1.09 bits per heavy atom. The first kappa shape index (κ1) is 26.4. The Morgan fingerprint density at radius 2 is 1.79 bits per heavy atom. The highest BCUT2D eigenvalue weighted by Crippen LogP contribution is 2.52. The molecular formula is C28H39FN2O2S. The van der Waals surface area contributed by atoms with E-state index in [2.05, 4.69) is 20.8 Å². The minimum atomic E-state index is -0.799. The molecule has 6 heteroatoms. The first-order chi connectivity index (χ1) is 16.3. The quantitative estimate of drug-likeness (QED) is 0.213. The highest BCUT2D eigenvalue weighted by molar-refractivity contribution is 8.30. The fraction of sp³-hybridized carbons (Fsp3) is 0.536. The summed E-state index contributed by atoms with van der Waals surface area (Å²) in [7, 11) is -0.799. The molecule has 1 aliphatic rings. The van der Waals surface area contributed by atoms with Gasteiger partial charge in [0.15, 0.2) is 0 Å². The van der Waals surface area contributed by atoms with Gasteiger partial charge in [-0.2, -0.15) is 10.9 Å². The van der Waals surface area contributed by atoms with Gasteiger partial charge >= 0.3 is 5.97 Å². The van der Waals surface area contributed by atoms with Gasteiger partial charge in [-0.3, -0.25) is 9.98 Å². The number of ether oxygens (including phenoxy) is 1. The number of unbranched alkanes of at least 4 members (excludes halogenated alkanes) is 2. The number of carbonyl (C=O) groups is 1. The average Bonchev–Trinajstić information content (AvgIpc) is 3.26. The molecule has 186 valence electrons. The number of aliphatic imine (C=N–C) groups is 1. The molecule has 0 bridgehead atoms. The van der Waals surface area contributed by atoms with Gasteiger partial charge in [-0.15, -0.1) is 0 Å². The molecule has 2 aromatic rings. The smallest absolute Gasteiger partial charge is 0.340 e. The van der Waals surface area contributed by atoms with Crippen molar-refractivity contribution in [2.45, 2.75) is 84.0 Å². The second-order valence-electron chi connectivity index (χ2n) is 9.40. The van der Waals surface area contributed by atoms with Gasteiger partial charge < -0.3 is 4.74 Å². The van der Waals surface area contributed by atoms with Gasteiger partial charge in [-0.1, -0.05) is 65.7 Å². The zero-order valence-electron chi connectivity index (χ0n) is 21.4. The second-order valence-corrected chi connectivity index (χ2v) is 11.7. The number of halogens is 1. The fourth-order valence-corrected chi connectivity index (χ4v) is 7.35. The van der Waals surface area contributed by atoms with Crippen LogP contribution in [0.4, 0.5) is 4.39 Å². The number of esters is 1. The number of hydrogen-bond donors (Lipinski definition) is 1. The number of nitrogens with zero attached hydrogens (tertiary/aromatic N) is 2. The summed E-state index contributed by atoms with van der Waals surface area (Å²) >= 11 is 0. The van der Waals surface area contributed by atoms with Gasteiger partial charge in [0.25, 0.3) is 0 Å². The van der Waals surface area contributed by atoms with Crippen LogP contribution < -0.4 is 0 Å². The first-order valence-electron chi connectivity index (χ1n) is 12.6. The van der Waals surface area contributed by atoms with Crippen LogP contribution in [0, 0.1) is 5.82 Å². The SMILES string of the molecule is CCCCCC1=NCC[SH]1c1c(C(C)C)nc(C(C)C)c(C(=O)OCC)c1-c1ccccc1F. The molecule has 1 unspecified atom stereocenters. The molecule has 0 aliphatic carbocycles. The summed E-state index contributed by atoms with van der Waals surface area (Å²) in [6, 6.07) is 6.77. The van der Waals surface area contributed by atoms with Crippen molar-refractivity contribution in [3.05, 3.63) is 47.0 Å². The Kier molecular flexibility index (Phi) is 9.29. The summed E-state index contributed by atoms with van der Waals surface area (Å²) in [5, 5.41) is 1.22. The lowest BCUT2D eigenvalue weighted by Crippen LogP contribution is -2.18. The fourth-order valence-electron chi connectivity index (χ4n) is 4.52. The van der Waals surface area contributed by atoms with Crippen molar-refractivity contribution in [2.75, 3.05) is 18.9 Å². The van der Waals surface area contributed by atoms with E-state index >= 15 is 4.39 Å². The van der Waals surface area contributed by atoms with E-state index < -0.39 is 16.9 Å². The molecular weight excluding hydrogens is 447 g/mol. The van der Waals surface area contributed by atoms with E-state index in [1.54, 1.807) is 19.1 Å². The molecule has 1 aromatic heterocycles. The van der Waals surface area contributed by atoms with Crippen LogP contribution in [0.1, 0.15) is 101 Å². The largest absolute Gasteiger partial charge is 0.462 e. The number of carbonyl (C=O) groups excluding carboxylic acids is 1. The Balaban J connectivity index is 2.39. The van der Waals surface area contributed by atoms with E-state index in [9.17, 15) is 4.79 Å². The van der Waals surface area contributed by atoms with Crippen LogP contribution in [0.5, 0.6) is 0 Å². The van der Waals surface area contributed by atoms with E-state index in [0.717, 1.165) is 48.6 Å². The van der Waals surface area contributed by atoms with Gasteiger partial charge in [0.05, 0.1) is 28.6 Å². The maximum atomic E-state index is 15.4. The van der Waals surface area contributed by atoms with Crippen molar-refractivity contribution in [3.8, 4) is 11.1 Å². The second kappa shape index (κ2) is 12.0. The van der Waals surface area contributed by atoms with Crippen molar-refractivity contribution >= 4 is 21.9 Å². The van der Waals surface area contributed by atoms with Crippen molar-refractivity contribution in [1.29, 1.82) is 0 Å². The normalized spacial score (nSPS) is 16.9. The molecule has 1 aliphatic heterocycles. The lowest BCUT2D eigenvalue weighted by molar-refractivity contribution is 0.0524. The maximum absolute atomic E-state index is 15.4. The molecule has 1 aromatic carbocycles. The van der Waals surface area contributed by atoms with Gasteiger partial charge in [-0.25, -0.2) is 9.18 Å². The monoisotopic (exact) mass is 486 g/mol. The highest BCUT2D eigenvalue weighted by atomic mass is 32.2. The van der Waals surface area contributed by atoms with Crippen LogP contribution >= 0.6 is 10.9 Å². The van der Waals surface area contributed by atoms with Crippen LogP contribution in [-0.2, 0) is 4.74 Å². The Morgan fingerprint density at radius 3 is 2.41 bits per heavy atom. The zero-order chi connectivity index (χ0) is 24.8. The maximum Gasteiger partial charge on any atom is 0.340 e. The molecule has 0 saturated heterocycles. The molecule has 0 spiro atoms. The van der Waals surface area contributed by atoms with E-state index in [-0.39, 0.29) is 24.3 Å². The molecule has 0 fully saturated rings. The molecule has 2 heterocycles. The van der Waals surface area contributed by atoms with Gasteiger partial charge in [0.1, 0.15) is 5.82 Å². The number of rotatable bonds is 10. The first-order valence-corrected chi connectivity index (χ1v) is 14.1. The van der Waals surface area contributed by atoms with E-state index in [4.69, 9.17) is 14.7 Å². The van der Waals surface area contributed by atoms with Crippen LogP contribution in [0.2, 0.25) is 0 Å². The van der Waals surface area contributed by atoms with Crippen molar-refractivity contribution < 1.29 is 13.9 Å². The van der Waals surface area contributed by atoms with Crippen LogP contribution in [0.3, 0.4) is 0 Å². The standard InChI is InChI=1S/C28H39FN2O2S/c1-7-9-10-15-22-30-16-17-34(22)27-23(20-13-11-12-14-21(20)29)24(28(32)33-8-2)25(18(3)4)31-26(27)19(5)6/h11-14,18-19,34H,7-10,15-17H2,1-6H3. The van der Waals surface area contributed by atoms with Crippen molar-refractivity contribution in [3.63, 3.8) is 0 Å². The van der Waals surface area contributed by atoms with Gasteiger partial charge in [0.2, 0.25) is 0 Å². The predicted molar refractivity (Wildman–Crippen MR) is 142 cm³/mol. The lowest BCUT2D eigenvalue weighted by Gasteiger charge is -2.29. The summed E-state index contributed by atoms with van der Waals surface area (Å²) in [6.07, 6.45) is 4.37. The molecule has 0 N–H and O–H groups in total. The minimum Gasteiger partial charge on any atom is -0.462 e. The average molecular weight is 487 g/mol. The molecule has 0 amide bonds. The molecule has 1 atom stereocenters. The Labute approximate surface area is 206 Å². The Hall–Kier alpha value is -2.21. The third-order valence-electron chi connectivity index (χ3n) is 6.15. The van der Waals surface area contributed by atoms with Crippen LogP contribution in [-0.4, -0.2) is 34.9 Å². The summed E-state index contributed by atoms with van der Waals surface area (Å²) in [4.78, 5) is 24.4. The van der Waals surface area contributed by atoms with Crippen LogP contribution in [0.15, 0.2) is 34.2 Å². The minimum absolute atomic E-state index is 0.00877. The number of hydrogen-bond acceptors (Lipinski definition) is 4. The highest BCUT2D eigenvalue weighted by Gasteiger charge is 2.34. The zero-order valence-corrected chi connectivity index (χ0v) is 22.3. The summed E-state index contributed by atoms with van der Waals surface area (Å²) < 4.78 is 20.9. The Bertz CT molecular complexity index is 1050. The molecule has 4 nitrogen and oxygen atoms in total. The summed E-state index contributed by atoms with van der Waals surface area (Å²) in [6.45, 7) is 13.3. The molecule has 0 saturated carbocycles. The van der Waals surface area contributed by atoms with E-state index in [0.29, 0.717) is 22.4 Å². The molecule has 3 rings (SSSR count). The molecule has 0 radical (unpaired) electrons. The lowest BCUT2D eigenvalue weighted by atomic mass is 9.91. The topological polar surface area (TPSA) is 51.5 Å². The predicted octanol–water partition coefficient (Wildman–Crippen LogP) is 7.66. The summed E-state index contributed by atoms with van der Waals surface area (Å²) in [5.74, 6) is 0.290. The van der Waals surface area contributed by atoms with E-state index in [1.807, 2.05) is 19.9 Å². The third kappa shape index (κ3) is 5.54.